The molecule has 78 heavy (non-hydrogen) atoms. The predicted octanol–water partition coefficient (Wildman–Crippen LogP) is 19.3. The molecule has 460 valence electrons. The summed E-state index contributed by atoms with van der Waals surface area (Å²) in [6, 6.07) is 0. The number of carboxylic acids is 1. The van der Waals surface area contributed by atoms with Crippen molar-refractivity contribution in [2.45, 2.75) is 354 Å². The van der Waals surface area contributed by atoms with E-state index in [2.05, 4.69) is 38.2 Å². The van der Waals surface area contributed by atoms with Gasteiger partial charge < -0.3 is 33.3 Å². The minimum absolute atomic E-state index is 0.149. The van der Waals surface area contributed by atoms with Crippen molar-refractivity contribution in [3.8, 4) is 0 Å². The van der Waals surface area contributed by atoms with Gasteiger partial charge in [0.1, 0.15) is 13.2 Å². The number of nitrogens with zero attached hydrogens (tertiary/aromatic N) is 1. The van der Waals surface area contributed by atoms with Gasteiger partial charge in [0.05, 0.1) is 40.3 Å². The molecule has 0 amide bonds. The van der Waals surface area contributed by atoms with Crippen molar-refractivity contribution in [2.24, 2.45) is 0 Å². The number of rotatable bonds is 64. The molecule has 0 aliphatic heterocycles. The van der Waals surface area contributed by atoms with E-state index in [4.69, 9.17) is 18.9 Å². The number of carbonyl (C=O) groups excluding carboxylic acids is 3. The number of quaternary nitrogens is 1. The van der Waals surface area contributed by atoms with E-state index in [-0.39, 0.29) is 32.2 Å². The van der Waals surface area contributed by atoms with Crippen LogP contribution in [0.3, 0.4) is 0 Å². The topological polar surface area (TPSA) is 111 Å². The molecule has 0 aromatic rings. The third-order valence-electron chi connectivity index (χ3n) is 15.5. The third kappa shape index (κ3) is 61.4. The quantitative estimate of drug-likeness (QED) is 0.0195. The highest BCUT2D eigenvalue weighted by Gasteiger charge is 2.22. The van der Waals surface area contributed by atoms with E-state index in [0.717, 1.165) is 51.4 Å². The maximum atomic E-state index is 12.9. The molecule has 0 rings (SSSR count). The summed E-state index contributed by atoms with van der Waals surface area (Å²) >= 11 is 0. The summed E-state index contributed by atoms with van der Waals surface area (Å²) in [4.78, 5) is 37.4. The largest absolute Gasteiger partial charge is 0.545 e. The third-order valence-corrected chi connectivity index (χ3v) is 15.5. The monoisotopic (exact) mass is 1100 g/mol. The number of hydrogen-bond donors (Lipinski definition) is 0. The van der Waals surface area contributed by atoms with Crippen molar-refractivity contribution < 1.29 is 42.9 Å². The highest BCUT2D eigenvalue weighted by molar-refractivity contribution is 5.70. The zero-order chi connectivity index (χ0) is 56.9. The van der Waals surface area contributed by atoms with E-state index in [1.54, 1.807) is 0 Å². The van der Waals surface area contributed by atoms with Crippen molar-refractivity contribution in [3.05, 3.63) is 24.3 Å². The lowest BCUT2D eigenvalue weighted by Crippen LogP contribution is -2.44. The van der Waals surface area contributed by atoms with Gasteiger partial charge in [-0.15, -0.1) is 0 Å². The summed E-state index contributed by atoms with van der Waals surface area (Å²) in [6.07, 6.45) is 71.3. The van der Waals surface area contributed by atoms with Crippen molar-refractivity contribution in [2.75, 3.05) is 47.5 Å². The van der Waals surface area contributed by atoms with E-state index in [0.29, 0.717) is 23.9 Å². The van der Waals surface area contributed by atoms with Crippen LogP contribution in [0.2, 0.25) is 0 Å². The van der Waals surface area contributed by atoms with Gasteiger partial charge in [-0.25, -0.2) is 0 Å². The van der Waals surface area contributed by atoms with Crippen LogP contribution in [-0.4, -0.2) is 82.3 Å². The fourth-order valence-electron chi connectivity index (χ4n) is 10.2. The molecule has 0 aliphatic rings. The summed E-state index contributed by atoms with van der Waals surface area (Å²) in [5.41, 5.74) is 0. The zero-order valence-electron chi connectivity index (χ0n) is 52.6. The Morgan fingerprint density at radius 1 is 0.385 bits per heavy atom. The first-order valence-corrected chi connectivity index (χ1v) is 34.0. The molecule has 0 radical (unpaired) electrons. The molecular weight excluding hydrogens is 971 g/mol. The number of carboxylic acid groups (broad SMARTS) is 1. The van der Waals surface area contributed by atoms with Crippen LogP contribution in [0.25, 0.3) is 0 Å². The molecule has 0 spiro atoms. The molecule has 2 unspecified atom stereocenters. The Morgan fingerprint density at radius 2 is 0.692 bits per heavy atom. The van der Waals surface area contributed by atoms with Crippen LogP contribution in [0.15, 0.2) is 24.3 Å². The Balaban J connectivity index is 4.00. The minimum atomic E-state index is -1.62. The van der Waals surface area contributed by atoms with E-state index in [1.165, 1.54) is 257 Å². The molecular formula is C69H131NO8. The van der Waals surface area contributed by atoms with Crippen molar-refractivity contribution in [1.29, 1.82) is 0 Å². The fourth-order valence-corrected chi connectivity index (χ4v) is 10.2. The first kappa shape index (κ1) is 75.8. The molecule has 0 aliphatic carbocycles. The lowest BCUT2D eigenvalue weighted by atomic mass is 10.0. The number of carbonyl (C=O) groups is 3. The van der Waals surface area contributed by atoms with Gasteiger partial charge in [0.2, 0.25) is 0 Å². The second-order valence-electron chi connectivity index (χ2n) is 24.5. The Hall–Kier alpha value is -2.23. The standard InChI is InChI=1S/C69H131NO8/c1-6-8-10-12-14-16-18-20-22-24-26-27-28-29-30-31-32-33-34-35-36-37-38-39-40-42-43-45-47-49-51-53-55-57-59-66(71)76-63-65(64-77-69(68(73)74)75-62-61-70(3,4)5)78-67(72)60-58-56-54-52-50-48-46-44-41-25-23-21-19-17-15-13-11-9-7-2/h15,17,21,23,65,69H,6-14,16,18-20,22,24-64H2,1-5H3/b17-15-,23-21-. The van der Waals surface area contributed by atoms with Crippen molar-refractivity contribution >= 4 is 17.9 Å². The Labute approximate surface area is 484 Å². The Morgan fingerprint density at radius 3 is 1.04 bits per heavy atom. The van der Waals surface area contributed by atoms with Crippen molar-refractivity contribution in [3.63, 3.8) is 0 Å². The molecule has 0 N–H and O–H groups in total. The number of likely N-dealkylation sites (N-methyl/N-ethyl adjacent to an activating group) is 1. The van der Waals surface area contributed by atoms with Gasteiger partial charge in [-0.3, -0.25) is 9.59 Å². The molecule has 9 nitrogen and oxygen atoms in total. The van der Waals surface area contributed by atoms with Crippen LogP contribution in [0.1, 0.15) is 341 Å². The van der Waals surface area contributed by atoms with Crippen LogP contribution in [0, 0.1) is 0 Å². The van der Waals surface area contributed by atoms with E-state index in [9.17, 15) is 19.5 Å². The van der Waals surface area contributed by atoms with Gasteiger partial charge in [0.15, 0.2) is 12.4 Å². The molecule has 0 bridgehead atoms. The number of aliphatic carboxylic acids is 1. The SMILES string of the molecule is CCCCC/C=C\C/C=C\CCCCCCCCCCCC(=O)OC(COC(=O)CCCCCCCCCCCCCCCCCCCCCCCCCCCCCCCCCCCC)COC(OCC[N+](C)(C)C)C(=O)[O-]. The fraction of sp³-hybridized carbons (Fsp3) is 0.899. The number of hydrogen-bond acceptors (Lipinski definition) is 8. The Bertz CT molecular complexity index is 1330. The van der Waals surface area contributed by atoms with Crippen LogP contribution < -0.4 is 5.11 Å². The molecule has 0 aromatic heterocycles. The van der Waals surface area contributed by atoms with Gasteiger partial charge in [0, 0.05) is 12.8 Å². The number of esters is 2. The number of allylic oxidation sites excluding steroid dienone is 4. The average molecular weight is 1100 g/mol. The summed E-state index contributed by atoms with van der Waals surface area (Å²) in [5, 5.41) is 11.8. The highest BCUT2D eigenvalue weighted by Crippen LogP contribution is 2.19. The Kier molecular flexibility index (Phi) is 59.1. The normalized spacial score (nSPS) is 12.8. The summed E-state index contributed by atoms with van der Waals surface area (Å²) in [6.45, 7) is 4.78. The molecule has 2 atom stereocenters. The highest BCUT2D eigenvalue weighted by atomic mass is 16.7. The van der Waals surface area contributed by atoms with Gasteiger partial charge in [-0.05, 0) is 44.9 Å². The van der Waals surface area contributed by atoms with E-state index >= 15 is 0 Å². The van der Waals surface area contributed by atoms with E-state index < -0.39 is 24.3 Å². The molecule has 0 saturated carbocycles. The number of unbranched alkanes of at least 4 members (excludes halogenated alkanes) is 45. The second kappa shape index (κ2) is 60.9. The van der Waals surface area contributed by atoms with E-state index in [1.807, 2.05) is 21.1 Å². The average Bonchev–Trinajstić information content (AvgIpc) is 3.41. The lowest BCUT2D eigenvalue weighted by Gasteiger charge is -2.26. The minimum Gasteiger partial charge on any atom is -0.545 e. The van der Waals surface area contributed by atoms with Crippen LogP contribution in [-0.2, 0) is 33.3 Å². The van der Waals surface area contributed by atoms with Gasteiger partial charge in [-0.1, -0.05) is 308 Å². The lowest BCUT2D eigenvalue weighted by molar-refractivity contribution is -0.870. The molecule has 9 heteroatoms. The van der Waals surface area contributed by atoms with Crippen molar-refractivity contribution in [1.82, 2.24) is 0 Å². The van der Waals surface area contributed by atoms with Crippen LogP contribution in [0.4, 0.5) is 0 Å². The zero-order valence-corrected chi connectivity index (χ0v) is 52.6. The van der Waals surface area contributed by atoms with Gasteiger partial charge >= 0.3 is 11.9 Å². The predicted molar refractivity (Wildman–Crippen MR) is 330 cm³/mol. The molecule has 0 heterocycles. The van der Waals surface area contributed by atoms with Crippen LogP contribution >= 0.6 is 0 Å². The first-order chi connectivity index (χ1) is 38.1. The molecule has 0 fully saturated rings. The maximum absolute atomic E-state index is 12.9. The van der Waals surface area contributed by atoms with Gasteiger partial charge in [0.25, 0.3) is 0 Å². The first-order valence-electron chi connectivity index (χ1n) is 34.0. The molecule has 0 aromatic carbocycles. The maximum Gasteiger partial charge on any atom is 0.306 e. The summed E-state index contributed by atoms with van der Waals surface area (Å²) < 4.78 is 22.8. The second-order valence-corrected chi connectivity index (χ2v) is 24.5. The smallest absolute Gasteiger partial charge is 0.306 e. The number of ether oxygens (including phenoxy) is 4. The molecule has 0 saturated heterocycles. The summed E-state index contributed by atoms with van der Waals surface area (Å²) in [7, 11) is 5.94. The van der Waals surface area contributed by atoms with Gasteiger partial charge in [-0.2, -0.15) is 0 Å². The van der Waals surface area contributed by atoms with Crippen LogP contribution in [0.5, 0.6) is 0 Å². The summed E-state index contributed by atoms with van der Waals surface area (Å²) in [5.74, 6) is -2.26.